The molecule has 4 aromatic rings. The lowest BCUT2D eigenvalue weighted by Crippen LogP contribution is -2.33. The summed E-state index contributed by atoms with van der Waals surface area (Å²) in [5.41, 5.74) is 5.65. The molecule has 0 saturated heterocycles. The standard InChI is InChI=1S/C32H32N2O3/c1-32(31-33-19-20-34-31,23-11-3-2-4-12-23)37-30-18-17-26-25(14-8-15-28(26)35)27(30)21-36-29-16-7-10-22-9-5-6-13-24(22)29/h2-4,7,10-12,16-20H,5-6,8-9,13-15,21H2,1H3,(H,33,34)/t32-/m0/s1. The van der Waals surface area contributed by atoms with Crippen molar-refractivity contribution in [1.82, 2.24) is 9.97 Å². The smallest absolute Gasteiger partial charge is 0.188 e. The molecular weight excluding hydrogens is 460 g/mol. The lowest BCUT2D eigenvalue weighted by molar-refractivity contribution is 0.0970. The second kappa shape index (κ2) is 9.89. The van der Waals surface area contributed by atoms with Crippen molar-refractivity contribution in [3.8, 4) is 11.5 Å². The molecule has 0 spiro atoms. The number of carbonyl (C=O) groups excluding carboxylic acids is 1. The number of nitrogens with one attached hydrogen (secondary N) is 1. The Hall–Kier alpha value is -3.86. The molecule has 1 aromatic heterocycles. The molecule has 2 aliphatic rings. The van der Waals surface area contributed by atoms with Gasteiger partial charge in [-0.3, -0.25) is 4.79 Å². The van der Waals surface area contributed by atoms with Gasteiger partial charge in [-0.15, -0.1) is 0 Å². The van der Waals surface area contributed by atoms with Gasteiger partial charge in [0, 0.05) is 35.5 Å². The predicted octanol–water partition coefficient (Wildman–Crippen LogP) is 6.73. The Morgan fingerprint density at radius 2 is 1.70 bits per heavy atom. The van der Waals surface area contributed by atoms with Crippen molar-refractivity contribution < 1.29 is 14.3 Å². The van der Waals surface area contributed by atoms with Crippen molar-refractivity contribution in [3.05, 3.63) is 112 Å². The number of ketones is 1. The van der Waals surface area contributed by atoms with Gasteiger partial charge < -0.3 is 14.5 Å². The molecule has 1 heterocycles. The summed E-state index contributed by atoms with van der Waals surface area (Å²) in [4.78, 5) is 20.6. The number of imidazole rings is 1. The van der Waals surface area contributed by atoms with E-state index in [1.165, 1.54) is 24.0 Å². The number of benzene rings is 3. The minimum Gasteiger partial charge on any atom is -0.488 e. The van der Waals surface area contributed by atoms with Crippen LogP contribution in [-0.2, 0) is 31.5 Å². The maximum Gasteiger partial charge on any atom is 0.188 e. The molecule has 0 radical (unpaired) electrons. The van der Waals surface area contributed by atoms with Gasteiger partial charge in [0.2, 0.25) is 0 Å². The molecule has 0 aliphatic heterocycles. The summed E-state index contributed by atoms with van der Waals surface area (Å²) in [6.45, 7) is 2.38. The molecule has 2 aliphatic carbocycles. The van der Waals surface area contributed by atoms with E-state index in [2.05, 4.69) is 40.3 Å². The Morgan fingerprint density at radius 3 is 2.54 bits per heavy atom. The molecule has 1 atom stereocenters. The largest absolute Gasteiger partial charge is 0.488 e. The quantitative estimate of drug-likeness (QED) is 0.311. The van der Waals surface area contributed by atoms with Crippen LogP contribution >= 0.6 is 0 Å². The van der Waals surface area contributed by atoms with Crippen molar-refractivity contribution in [2.24, 2.45) is 0 Å². The van der Waals surface area contributed by atoms with Crippen LogP contribution in [0.25, 0.3) is 0 Å². The number of Topliss-reactive ketones (excluding diaryl/α,β-unsaturated/α-hetero) is 1. The number of aryl methyl sites for hydroxylation is 1. The third-order valence-electron chi connectivity index (χ3n) is 7.83. The average Bonchev–Trinajstić information content (AvgIpc) is 3.49. The van der Waals surface area contributed by atoms with Crippen LogP contribution in [0.15, 0.2) is 73.1 Å². The highest BCUT2D eigenvalue weighted by atomic mass is 16.5. The van der Waals surface area contributed by atoms with E-state index in [1.54, 1.807) is 6.20 Å². The fraction of sp³-hybridized carbons (Fsp3) is 0.312. The molecule has 3 aromatic carbocycles. The number of fused-ring (bicyclic) bond motifs is 2. The number of carbonyl (C=O) groups is 1. The van der Waals surface area contributed by atoms with Crippen molar-refractivity contribution in [1.29, 1.82) is 0 Å². The van der Waals surface area contributed by atoms with Gasteiger partial charge in [0.05, 0.1) is 0 Å². The highest BCUT2D eigenvalue weighted by molar-refractivity contribution is 5.99. The zero-order valence-electron chi connectivity index (χ0n) is 21.3. The topological polar surface area (TPSA) is 64.2 Å². The first-order chi connectivity index (χ1) is 18.1. The molecule has 37 heavy (non-hydrogen) atoms. The lowest BCUT2D eigenvalue weighted by atomic mass is 9.86. The van der Waals surface area contributed by atoms with Crippen LogP contribution in [0.2, 0.25) is 0 Å². The maximum atomic E-state index is 12.8. The van der Waals surface area contributed by atoms with E-state index >= 15 is 0 Å². The number of nitrogens with zero attached hydrogens (tertiary/aromatic N) is 1. The van der Waals surface area contributed by atoms with Crippen LogP contribution in [0.4, 0.5) is 0 Å². The summed E-state index contributed by atoms with van der Waals surface area (Å²) in [7, 11) is 0. The van der Waals surface area contributed by atoms with Gasteiger partial charge in [0.25, 0.3) is 0 Å². The maximum absolute atomic E-state index is 12.8. The first kappa shape index (κ1) is 23.5. The lowest BCUT2D eigenvalue weighted by Gasteiger charge is -2.32. The Kier molecular flexibility index (Phi) is 6.29. The normalized spacial score (nSPS) is 16.4. The number of H-pyrrole nitrogens is 1. The molecule has 0 fully saturated rings. The second-order valence-electron chi connectivity index (χ2n) is 10.2. The second-order valence-corrected chi connectivity index (χ2v) is 10.2. The van der Waals surface area contributed by atoms with Gasteiger partial charge in [0.15, 0.2) is 17.2 Å². The Morgan fingerprint density at radius 1 is 0.865 bits per heavy atom. The third kappa shape index (κ3) is 4.43. The molecule has 188 valence electrons. The van der Waals surface area contributed by atoms with Crippen LogP contribution in [0, 0.1) is 0 Å². The van der Waals surface area contributed by atoms with Crippen molar-refractivity contribution >= 4 is 5.78 Å². The van der Waals surface area contributed by atoms with Gasteiger partial charge in [-0.05, 0) is 80.3 Å². The third-order valence-corrected chi connectivity index (χ3v) is 7.83. The molecule has 0 bridgehead atoms. The van der Waals surface area contributed by atoms with Gasteiger partial charge in [-0.2, -0.15) is 0 Å². The summed E-state index contributed by atoms with van der Waals surface area (Å²) in [5.74, 6) is 2.58. The zero-order valence-corrected chi connectivity index (χ0v) is 21.3. The van der Waals surface area contributed by atoms with Crippen LogP contribution in [0.3, 0.4) is 0 Å². The SMILES string of the molecule is C[C@](Oc1ccc2c(c1COc1cccc3c1CCCC3)CCCC2=O)(c1ccccc1)c1ncc[nH]1. The van der Waals surface area contributed by atoms with Gasteiger partial charge in [-0.1, -0.05) is 42.5 Å². The van der Waals surface area contributed by atoms with Crippen LogP contribution in [-0.4, -0.2) is 15.8 Å². The zero-order chi connectivity index (χ0) is 25.2. The van der Waals surface area contributed by atoms with E-state index in [-0.39, 0.29) is 5.78 Å². The molecule has 0 saturated carbocycles. The summed E-state index contributed by atoms with van der Waals surface area (Å²) in [6.07, 6.45) is 10.4. The number of hydrogen-bond donors (Lipinski definition) is 1. The first-order valence-electron chi connectivity index (χ1n) is 13.3. The number of ether oxygens (including phenoxy) is 2. The number of aromatic amines is 1. The monoisotopic (exact) mass is 492 g/mol. The van der Waals surface area contributed by atoms with Gasteiger partial charge in [-0.25, -0.2) is 4.98 Å². The fourth-order valence-corrected chi connectivity index (χ4v) is 5.81. The predicted molar refractivity (Wildman–Crippen MR) is 143 cm³/mol. The number of aromatic nitrogens is 2. The van der Waals surface area contributed by atoms with Crippen LogP contribution in [0.5, 0.6) is 11.5 Å². The van der Waals surface area contributed by atoms with Crippen molar-refractivity contribution in [3.63, 3.8) is 0 Å². The summed E-state index contributed by atoms with van der Waals surface area (Å²) < 4.78 is 13.4. The average molecular weight is 493 g/mol. The van der Waals surface area contributed by atoms with E-state index < -0.39 is 5.60 Å². The first-order valence-corrected chi connectivity index (χ1v) is 13.3. The van der Waals surface area contributed by atoms with Gasteiger partial charge in [0.1, 0.15) is 18.1 Å². The highest BCUT2D eigenvalue weighted by Crippen LogP contribution is 2.39. The van der Waals surface area contributed by atoms with E-state index in [0.717, 1.165) is 65.3 Å². The van der Waals surface area contributed by atoms with E-state index in [0.29, 0.717) is 13.0 Å². The minimum atomic E-state index is -0.849. The summed E-state index contributed by atoms with van der Waals surface area (Å²) >= 11 is 0. The molecule has 0 amide bonds. The molecule has 5 nitrogen and oxygen atoms in total. The van der Waals surface area contributed by atoms with E-state index in [9.17, 15) is 4.79 Å². The molecule has 1 N–H and O–H groups in total. The van der Waals surface area contributed by atoms with E-state index in [4.69, 9.17) is 9.47 Å². The molecule has 0 unspecified atom stereocenters. The Bertz CT molecular complexity index is 1410. The summed E-state index contributed by atoms with van der Waals surface area (Å²) in [5, 5.41) is 0. The minimum absolute atomic E-state index is 0.197. The van der Waals surface area contributed by atoms with E-state index in [1.807, 2.05) is 43.5 Å². The Balaban J connectivity index is 1.41. The number of hydrogen-bond acceptors (Lipinski definition) is 4. The van der Waals surface area contributed by atoms with Gasteiger partial charge >= 0.3 is 0 Å². The van der Waals surface area contributed by atoms with Crippen molar-refractivity contribution in [2.45, 2.75) is 64.1 Å². The number of rotatable bonds is 7. The fourth-order valence-electron chi connectivity index (χ4n) is 5.81. The Labute approximate surface area is 217 Å². The highest BCUT2D eigenvalue weighted by Gasteiger charge is 2.36. The van der Waals surface area contributed by atoms with Crippen LogP contribution < -0.4 is 9.47 Å². The molecule has 6 rings (SSSR count). The summed E-state index contributed by atoms with van der Waals surface area (Å²) in [6, 6.07) is 20.4. The molecule has 5 heteroatoms. The molecular formula is C32H32N2O3. The van der Waals surface area contributed by atoms with Crippen molar-refractivity contribution in [2.75, 3.05) is 0 Å². The van der Waals surface area contributed by atoms with Crippen LogP contribution in [0.1, 0.15) is 76.6 Å².